The predicted molar refractivity (Wildman–Crippen MR) is 108 cm³/mol. The van der Waals surface area contributed by atoms with E-state index in [2.05, 4.69) is 21.0 Å². The average molecular weight is 447 g/mol. The molecule has 3 unspecified atom stereocenters. The summed E-state index contributed by atoms with van der Waals surface area (Å²) in [5.74, 6) is -2.63. The van der Waals surface area contributed by atoms with E-state index in [1.807, 2.05) is 0 Å². The Hall–Kier alpha value is -3.60. The monoisotopic (exact) mass is 447 g/mol. The van der Waals surface area contributed by atoms with Gasteiger partial charge in [0.25, 0.3) is 11.8 Å². The van der Waals surface area contributed by atoms with Gasteiger partial charge in [0.15, 0.2) is 0 Å². The zero-order valence-electron chi connectivity index (χ0n) is 17.1. The van der Waals surface area contributed by atoms with Crippen molar-refractivity contribution in [2.75, 3.05) is 12.4 Å². The number of nitrogens with zero attached hydrogens (tertiary/aromatic N) is 2. The van der Waals surface area contributed by atoms with Gasteiger partial charge in [-0.1, -0.05) is 30.3 Å². The molecule has 0 bridgehead atoms. The summed E-state index contributed by atoms with van der Waals surface area (Å²) in [6.45, 7) is 1.48. The van der Waals surface area contributed by atoms with Crippen LogP contribution in [0.1, 0.15) is 18.4 Å². The molecule has 3 atom stereocenters. The molecule has 1 saturated heterocycles. The number of carbonyl (C=O) groups excluding carboxylic acids is 2. The first-order chi connectivity index (χ1) is 15.2. The highest BCUT2D eigenvalue weighted by Crippen LogP contribution is 2.41. The maximum atomic E-state index is 13.8. The molecule has 0 spiro atoms. The lowest BCUT2D eigenvalue weighted by Crippen LogP contribution is -2.56. The molecule has 168 valence electrons. The van der Waals surface area contributed by atoms with Crippen molar-refractivity contribution in [1.29, 1.82) is 0 Å². The third-order valence-corrected chi connectivity index (χ3v) is 5.40. The van der Waals surface area contributed by atoms with E-state index in [0.717, 1.165) is 5.01 Å². The Morgan fingerprint density at radius 1 is 1.19 bits per heavy atom. The number of carbonyl (C=O) groups is 2. The van der Waals surface area contributed by atoms with E-state index in [1.54, 1.807) is 36.4 Å². The highest BCUT2D eigenvalue weighted by atomic mass is 19.4. The van der Waals surface area contributed by atoms with Crippen LogP contribution in [0.25, 0.3) is 0 Å². The number of amides is 2. The van der Waals surface area contributed by atoms with Gasteiger partial charge < -0.3 is 15.4 Å². The molecule has 1 aromatic heterocycles. The van der Waals surface area contributed by atoms with Crippen LogP contribution >= 0.6 is 0 Å². The molecule has 32 heavy (non-hydrogen) atoms. The van der Waals surface area contributed by atoms with Crippen LogP contribution in [0.5, 0.6) is 5.88 Å². The minimum atomic E-state index is -4.63. The Bertz CT molecular complexity index is 1070. The molecule has 1 fully saturated rings. The maximum Gasteiger partial charge on any atom is 0.406 e. The smallest absolute Gasteiger partial charge is 0.406 e. The fourth-order valence-corrected chi connectivity index (χ4v) is 4.00. The van der Waals surface area contributed by atoms with Crippen LogP contribution in [-0.2, 0) is 9.59 Å². The molecule has 1 aromatic carbocycles. The average Bonchev–Trinajstić information content (AvgIpc) is 3.15. The van der Waals surface area contributed by atoms with Crippen LogP contribution in [0.2, 0.25) is 0 Å². The summed E-state index contributed by atoms with van der Waals surface area (Å²) in [4.78, 5) is 30.0. The number of pyridine rings is 1. The predicted octanol–water partition coefficient (Wildman–Crippen LogP) is 2.29. The van der Waals surface area contributed by atoms with Crippen molar-refractivity contribution in [3.63, 3.8) is 0 Å². The summed E-state index contributed by atoms with van der Waals surface area (Å²) in [7, 11) is 1.37. The SMILES string of the molecule is COc1ncccc1NC(=O)C1=C(C)NC2C(c3ccccc3)C(C(F)(F)F)NN2C1=O. The summed E-state index contributed by atoms with van der Waals surface area (Å²) in [5, 5.41) is 6.30. The Balaban J connectivity index is 1.67. The van der Waals surface area contributed by atoms with Crippen molar-refractivity contribution < 1.29 is 27.5 Å². The van der Waals surface area contributed by atoms with E-state index in [4.69, 9.17) is 4.74 Å². The minimum Gasteiger partial charge on any atom is -0.480 e. The Kier molecular flexibility index (Phi) is 5.51. The summed E-state index contributed by atoms with van der Waals surface area (Å²) in [6, 6.07) is 9.22. The second-order valence-corrected chi connectivity index (χ2v) is 7.36. The lowest BCUT2D eigenvalue weighted by molar-refractivity contribution is -0.161. The van der Waals surface area contributed by atoms with E-state index >= 15 is 0 Å². The number of halogens is 3. The van der Waals surface area contributed by atoms with Gasteiger partial charge in [-0.25, -0.2) is 15.4 Å². The van der Waals surface area contributed by atoms with Gasteiger partial charge in [-0.2, -0.15) is 13.2 Å². The number of alkyl halides is 3. The number of hydrogen-bond donors (Lipinski definition) is 3. The fourth-order valence-electron chi connectivity index (χ4n) is 4.00. The number of benzene rings is 1. The summed E-state index contributed by atoms with van der Waals surface area (Å²) in [5.41, 5.74) is 2.76. The largest absolute Gasteiger partial charge is 0.480 e. The van der Waals surface area contributed by atoms with Gasteiger partial charge in [0.05, 0.1) is 13.0 Å². The van der Waals surface area contributed by atoms with E-state index < -0.39 is 36.1 Å². The Morgan fingerprint density at radius 3 is 2.56 bits per heavy atom. The molecule has 3 heterocycles. The first-order valence-electron chi connectivity index (χ1n) is 9.71. The molecule has 3 N–H and O–H groups in total. The summed E-state index contributed by atoms with van der Waals surface area (Å²) >= 11 is 0. The Labute approximate surface area is 181 Å². The van der Waals surface area contributed by atoms with E-state index in [0.29, 0.717) is 5.56 Å². The maximum absolute atomic E-state index is 13.8. The van der Waals surface area contributed by atoms with Crippen molar-refractivity contribution in [1.82, 2.24) is 20.7 Å². The van der Waals surface area contributed by atoms with Crippen molar-refractivity contribution >= 4 is 17.5 Å². The standard InChI is InChI=1S/C21H20F3N5O3/c1-11-14(18(30)27-13-9-6-10-25-19(13)32-2)20(31)29-17(26-11)15(12-7-4-3-5-8-12)16(28-29)21(22,23)24/h3-10,15-17,26,28H,1-2H3,(H,27,30). The lowest BCUT2D eigenvalue weighted by atomic mass is 9.89. The number of nitrogens with one attached hydrogen (secondary N) is 3. The number of rotatable bonds is 4. The molecule has 0 aliphatic carbocycles. The van der Waals surface area contributed by atoms with Crippen molar-refractivity contribution in [3.05, 3.63) is 65.5 Å². The van der Waals surface area contributed by atoms with Gasteiger partial charge in [0.2, 0.25) is 5.88 Å². The highest BCUT2D eigenvalue weighted by molar-refractivity contribution is 6.23. The number of methoxy groups -OCH3 is 1. The second kappa shape index (κ2) is 8.15. The Morgan fingerprint density at radius 2 is 1.91 bits per heavy atom. The van der Waals surface area contributed by atoms with Crippen LogP contribution < -0.4 is 20.8 Å². The third-order valence-electron chi connectivity index (χ3n) is 5.40. The van der Waals surface area contributed by atoms with Gasteiger partial charge in [0.1, 0.15) is 23.5 Å². The molecule has 0 radical (unpaired) electrons. The first-order valence-corrected chi connectivity index (χ1v) is 9.71. The summed E-state index contributed by atoms with van der Waals surface area (Å²) < 4.78 is 46.6. The summed E-state index contributed by atoms with van der Waals surface area (Å²) in [6.07, 6.45) is -4.19. The molecule has 0 saturated carbocycles. The highest BCUT2D eigenvalue weighted by Gasteiger charge is 2.58. The number of ether oxygens (including phenoxy) is 1. The van der Waals surface area contributed by atoms with Gasteiger partial charge in [0, 0.05) is 11.9 Å². The number of aromatic nitrogens is 1. The number of hydrogen-bond acceptors (Lipinski definition) is 6. The second-order valence-electron chi connectivity index (χ2n) is 7.36. The number of anilines is 1. The number of fused-ring (bicyclic) bond motifs is 1. The van der Waals surface area contributed by atoms with Crippen LogP contribution in [0.15, 0.2) is 59.9 Å². The van der Waals surface area contributed by atoms with Crippen molar-refractivity contribution in [2.45, 2.75) is 31.2 Å². The lowest BCUT2D eigenvalue weighted by Gasteiger charge is -2.34. The number of allylic oxidation sites excluding steroid dienone is 1. The number of hydrazine groups is 1. The fraction of sp³-hybridized carbons (Fsp3) is 0.286. The van der Waals surface area contributed by atoms with Crippen LogP contribution in [0, 0.1) is 0 Å². The van der Waals surface area contributed by atoms with Gasteiger partial charge in [-0.3, -0.25) is 9.59 Å². The van der Waals surface area contributed by atoms with Gasteiger partial charge in [-0.05, 0) is 24.6 Å². The molecular formula is C21H20F3N5O3. The molecular weight excluding hydrogens is 427 g/mol. The van der Waals surface area contributed by atoms with Gasteiger partial charge in [-0.15, -0.1) is 0 Å². The van der Waals surface area contributed by atoms with E-state index in [9.17, 15) is 22.8 Å². The van der Waals surface area contributed by atoms with E-state index in [-0.39, 0.29) is 22.8 Å². The minimum absolute atomic E-state index is 0.133. The zero-order chi connectivity index (χ0) is 23.0. The molecule has 2 aliphatic heterocycles. The van der Waals surface area contributed by atoms with E-state index in [1.165, 1.54) is 26.3 Å². The molecule has 8 nitrogen and oxygen atoms in total. The van der Waals surface area contributed by atoms with Gasteiger partial charge >= 0.3 is 6.18 Å². The van der Waals surface area contributed by atoms with Crippen molar-refractivity contribution in [3.8, 4) is 5.88 Å². The third kappa shape index (κ3) is 3.75. The first kappa shape index (κ1) is 21.6. The van der Waals surface area contributed by atoms with Crippen LogP contribution in [0.4, 0.5) is 18.9 Å². The molecule has 2 amide bonds. The molecule has 2 aliphatic rings. The van der Waals surface area contributed by atoms with Crippen LogP contribution in [0.3, 0.4) is 0 Å². The topological polar surface area (TPSA) is 95.6 Å². The quantitative estimate of drug-likeness (QED) is 0.623. The van der Waals surface area contributed by atoms with Crippen molar-refractivity contribution in [2.24, 2.45) is 0 Å². The molecule has 4 rings (SSSR count). The molecule has 2 aromatic rings. The van der Waals surface area contributed by atoms with Crippen LogP contribution in [-0.4, -0.2) is 47.3 Å². The molecule has 11 heteroatoms. The normalized spacial score (nSPS) is 23.0. The zero-order valence-corrected chi connectivity index (χ0v) is 17.1.